The second kappa shape index (κ2) is 9.56. The molecule has 0 aliphatic heterocycles. The van der Waals surface area contributed by atoms with Crippen LogP contribution in [0.3, 0.4) is 0 Å². The van der Waals surface area contributed by atoms with Crippen molar-refractivity contribution in [3.8, 4) is 5.75 Å². The van der Waals surface area contributed by atoms with E-state index in [0.29, 0.717) is 30.8 Å². The quantitative estimate of drug-likeness (QED) is 0.745. The van der Waals surface area contributed by atoms with E-state index >= 15 is 0 Å². The number of nitrogens with zero attached hydrogens (tertiary/aromatic N) is 1. The van der Waals surface area contributed by atoms with Crippen molar-refractivity contribution in [3.05, 3.63) is 65.5 Å². The minimum atomic E-state index is -1.08. The third-order valence-electron chi connectivity index (χ3n) is 3.78. The van der Waals surface area contributed by atoms with Gasteiger partial charge < -0.3 is 14.7 Å². The standard InChI is InChI=1S/C20H22FNO4/c1-2-10-22(11-9-15-5-3-7-17(21)12-15)20(25)16-6-4-8-18(13-16)26-14-19(23)24/h3-8,12-13H,2,9-11,14H2,1H3,(H,23,24). The smallest absolute Gasteiger partial charge is 0.341 e. The number of carboxylic acid groups (broad SMARTS) is 1. The van der Waals surface area contributed by atoms with Gasteiger partial charge >= 0.3 is 5.97 Å². The third kappa shape index (κ3) is 5.88. The van der Waals surface area contributed by atoms with Crippen LogP contribution < -0.4 is 4.74 Å². The summed E-state index contributed by atoms with van der Waals surface area (Å²) in [4.78, 5) is 25.1. The Hall–Kier alpha value is -2.89. The maximum absolute atomic E-state index is 13.3. The highest BCUT2D eigenvalue weighted by molar-refractivity contribution is 5.94. The first-order chi connectivity index (χ1) is 12.5. The van der Waals surface area contributed by atoms with Crippen molar-refractivity contribution >= 4 is 11.9 Å². The lowest BCUT2D eigenvalue weighted by atomic mass is 10.1. The van der Waals surface area contributed by atoms with E-state index in [1.807, 2.05) is 13.0 Å². The van der Waals surface area contributed by atoms with E-state index in [-0.39, 0.29) is 11.7 Å². The molecule has 0 heterocycles. The fourth-order valence-electron chi connectivity index (χ4n) is 2.59. The lowest BCUT2D eigenvalue weighted by Crippen LogP contribution is -2.33. The monoisotopic (exact) mass is 359 g/mol. The number of amides is 1. The van der Waals surface area contributed by atoms with Crippen LogP contribution in [0, 0.1) is 5.82 Å². The summed E-state index contributed by atoms with van der Waals surface area (Å²) in [5, 5.41) is 8.68. The molecule has 0 radical (unpaired) electrons. The molecule has 0 aliphatic rings. The van der Waals surface area contributed by atoms with Gasteiger partial charge in [-0.15, -0.1) is 0 Å². The van der Waals surface area contributed by atoms with Gasteiger partial charge in [0, 0.05) is 18.7 Å². The first-order valence-corrected chi connectivity index (χ1v) is 8.48. The topological polar surface area (TPSA) is 66.8 Å². The third-order valence-corrected chi connectivity index (χ3v) is 3.78. The predicted octanol–water partition coefficient (Wildman–Crippen LogP) is 3.38. The van der Waals surface area contributed by atoms with Crippen LogP contribution in [0.2, 0.25) is 0 Å². The Bertz CT molecular complexity index is 763. The second-order valence-electron chi connectivity index (χ2n) is 5.88. The van der Waals surface area contributed by atoms with Gasteiger partial charge in [0.25, 0.3) is 5.91 Å². The molecule has 6 heteroatoms. The zero-order valence-corrected chi connectivity index (χ0v) is 14.7. The summed E-state index contributed by atoms with van der Waals surface area (Å²) < 4.78 is 18.4. The van der Waals surface area contributed by atoms with Crippen LogP contribution in [-0.2, 0) is 11.2 Å². The number of aliphatic carboxylic acids is 1. The highest BCUT2D eigenvalue weighted by Crippen LogP contribution is 2.16. The number of hydrogen-bond acceptors (Lipinski definition) is 3. The van der Waals surface area contributed by atoms with Crippen molar-refractivity contribution in [3.63, 3.8) is 0 Å². The van der Waals surface area contributed by atoms with E-state index in [1.54, 1.807) is 29.2 Å². The molecule has 0 unspecified atom stereocenters. The van der Waals surface area contributed by atoms with Crippen molar-refractivity contribution in [1.29, 1.82) is 0 Å². The fourth-order valence-corrected chi connectivity index (χ4v) is 2.59. The number of carbonyl (C=O) groups excluding carboxylic acids is 1. The summed E-state index contributed by atoms with van der Waals surface area (Å²) in [6, 6.07) is 12.8. The number of benzene rings is 2. The molecule has 0 bridgehead atoms. The molecule has 0 fully saturated rings. The molecule has 138 valence electrons. The lowest BCUT2D eigenvalue weighted by Gasteiger charge is -2.22. The molecule has 0 aromatic heterocycles. The minimum Gasteiger partial charge on any atom is -0.482 e. The van der Waals surface area contributed by atoms with Crippen molar-refractivity contribution in [2.45, 2.75) is 19.8 Å². The number of rotatable bonds is 9. The first kappa shape index (κ1) is 19.4. The van der Waals surface area contributed by atoms with Gasteiger partial charge in [-0.3, -0.25) is 4.79 Å². The first-order valence-electron chi connectivity index (χ1n) is 8.48. The van der Waals surface area contributed by atoms with Crippen molar-refractivity contribution in [2.75, 3.05) is 19.7 Å². The number of carboxylic acids is 1. The molecular formula is C20H22FNO4. The SMILES string of the molecule is CCCN(CCc1cccc(F)c1)C(=O)c1cccc(OCC(=O)O)c1. The molecule has 0 atom stereocenters. The molecule has 0 saturated carbocycles. The number of carbonyl (C=O) groups is 2. The highest BCUT2D eigenvalue weighted by Gasteiger charge is 2.16. The summed E-state index contributed by atoms with van der Waals surface area (Å²) in [7, 11) is 0. The van der Waals surface area contributed by atoms with Crippen LogP contribution in [0.25, 0.3) is 0 Å². The largest absolute Gasteiger partial charge is 0.482 e. The summed E-state index contributed by atoms with van der Waals surface area (Å²) >= 11 is 0. The van der Waals surface area contributed by atoms with Gasteiger partial charge in [-0.05, 0) is 48.7 Å². The number of halogens is 1. The minimum absolute atomic E-state index is 0.163. The Morgan fingerprint density at radius 2 is 1.88 bits per heavy atom. The highest BCUT2D eigenvalue weighted by atomic mass is 19.1. The Morgan fingerprint density at radius 1 is 1.12 bits per heavy atom. The van der Waals surface area contributed by atoms with Gasteiger partial charge in [0.2, 0.25) is 0 Å². The van der Waals surface area contributed by atoms with Gasteiger partial charge in [0.05, 0.1) is 0 Å². The summed E-state index contributed by atoms with van der Waals surface area (Å²) in [6.07, 6.45) is 1.35. The molecule has 0 spiro atoms. The van der Waals surface area contributed by atoms with E-state index in [2.05, 4.69) is 0 Å². The Labute approximate surface area is 152 Å². The molecule has 2 rings (SSSR count). The Kier molecular flexibility index (Phi) is 7.14. The summed E-state index contributed by atoms with van der Waals surface area (Å²) in [6.45, 7) is 2.56. The average Bonchev–Trinajstić information content (AvgIpc) is 2.63. The number of ether oxygens (including phenoxy) is 1. The van der Waals surface area contributed by atoms with E-state index in [1.165, 1.54) is 18.2 Å². The summed E-state index contributed by atoms with van der Waals surface area (Å²) in [5.74, 6) is -1.20. The molecule has 1 amide bonds. The molecule has 0 saturated heterocycles. The van der Waals surface area contributed by atoms with Crippen molar-refractivity contribution in [2.24, 2.45) is 0 Å². The van der Waals surface area contributed by atoms with Gasteiger partial charge in [0.15, 0.2) is 6.61 Å². The van der Waals surface area contributed by atoms with Crippen molar-refractivity contribution < 1.29 is 23.8 Å². The van der Waals surface area contributed by atoms with E-state index < -0.39 is 12.6 Å². The van der Waals surface area contributed by atoms with Gasteiger partial charge in [-0.2, -0.15) is 0 Å². The van der Waals surface area contributed by atoms with Gasteiger partial charge in [-0.1, -0.05) is 25.1 Å². The molecule has 2 aromatic rings. The van der Waals surface area contributed by atoms with Crippen LogP contribution >= 0.6 is 0 Å². The molecule has 0 aliphatic carbocycles. The summed E-state index contributed by atoms with van der Waals surface area (Å²) in [5.41, 5.74) is 1.26. The van der Waals surface area contributed by atoms with Crippen LogP contribution in [0.5, 0.6) is 5.75 Å². The zero-order chi connectivity index (χ0) is 18.9. The Morgan fingerprint density at radius 3 is 2.58 bits per heavy atom. The van der Waals surface area contributed by atoms with Gasteiger partial charge in [-0.25, -0.2) is 9.18 Å². The average molecular weight is 359 g/mol. The van der Waals surface area contributed by atoms with E-state index in [9.17, 15) is 14.0 Å². The Balaban J connectivity index is 2.07. The maximum atomic E-state index is 13.3. The zero-order valence-electron chi connectivity index (χ0n) is 14.7. The molecule has 26 heavy (non-hydrogen) atoms. The lowest BCUT2D eigenvalue weighted by molar-refractivity contribution is -0.139. The van der Waals surface area contributed by atoms with Crippen LogP contribution in [0.4, 0.5) is 4.39 Å². The van der Waals surface area contributed by atoms with E-state index in [0.717, 1.165) is 12.0 Å². The number of hydrogen-bond donors (Lipinski definition) is 1. The van der Waals surface area contributed by atoms with Gasteiger partial charge in [0.1, 0.15) is 11.6 Å². The van der Waals surface area contributed by atoms with E-state index in [4.69, 9.17) is 9.84 Å². The molecule has 5 nitrogen and oxygen atoms in total. The molecule has 1 N–H and O–H groups in total. The fraction of sp³-hybridized carbons (Fsp3) is 0.300. The molecule has 2 aromatic carbocycles. The molecular weight excluding hydrogens is 337 g/mol. The predicted molar refractivity (Wildman–Crippen MR) is 95.9 cm³/mol. The van der Waals surface area contributed by atoms with Crippen LogP contribution in [-0.4, -0.2) is 41.6 Å². The van der Waals surface area contributed by atoms with Crippen LogP contribution in [0.1, 0.15) is 29.3 Å². The second-order valence-corrected chi connectivity index (χ2v) is 5.88. The normalized spacial score (nSPS) is 10.4. The maximum Gasteiger partial charge on any atom is 0.341 e. The van der Waals surface area contributed by atoms with Crippen molar-refractivity contribution in [1.82, 2.24) is 4.90 Å². The van der Waals surface area contributed by atoms with Crippen LogP contribution in [0.15, 0.2) is 48.5 Å².